The van der Waals surface area contributed by atoms with Gasteiger partial charge in [-0.1, -0.05) is 26.0 Å². The summed E-state index contributed by atoms with van der Waals surface area (Å²) < 4.78 is 5.40. The number of esters is 1. The van der Waals surface area contributed by atoms with Crippen molar-refractivity contribution in [3.05, 3.63) is 71.2 Å². The third-order valence-electron chi connectivity index (χ3n) is 5.07. The average Bonchev–Trinajstić information content (AvgIpc) is 2.67. The van der Waals surface area contributed by atoms with Crippen molar-refractivity contribution in [2.24, 2.45) is 5.41 Å². The van der Waals surface area contributed by atoms with Crippen molar-refractivity contribution in [1.29, 1.82) is 0 Å². The van der Waals surface area contributed by atoms with Gasteiger partial charge in [-0.15, -0.1) is 0 Å². The highest BCUT2D eigenvalue weighted by Crippen LogP contribution is 2.41. The van der Waals surface area contributed by atoms with Gasteiger partial charge in [0.25, 0.3) is 0 Å². The third-order valence-corrected chi connectivity index (χ3v) is 5.29. The normalized spacial score (nSPS) is 20.4. The SMILES string of the molecule is CC1(C)CC(=O)C2=C(C1)NC(=S)N[C@@H]2c1ccc(OC(=O)c2cccnc2)cc1. The van der Waals surface area contributed by atoms with E-state index in [1.54, 1.807) is 30.5 Å². The summed E-state index contributed by atoms with van der Waals surface area (Å²) in [4.78, 5) is 29.0. The first-order valence-electron chi connectivity index (χ1n) is 9.38. The number of thiocarbonyl (C=S) groups is 1. The van der Waals surface area contributed by atoms with E-state index in [0.717, 1.165) is 23.3 Å². The summed E-state index contributed by atoms with van der Waals surface area (Å²) in [5.41, 5.74) is 2.80. The number of ether oxygens (including phenoxy) is 1. The van der Waals surface area contributed by atoms with Gasteiger partial charge in [-0.25, -0.2) is 4.79 Å². The number of carbonyl (C=O) groups excluding carboxylic acids is 2. The highest BCUT2D eigenvalue weighted by molar-refractivity contribution is 7.80. The molecule has 2 N–H and O–H groups in total. The van der Waals surface area contributed by atoms with Gasteiger partial charge in [-0.05, 0) is 53.9 Å². The van der Waals surface area contributed by atoms with Gasteiger partial charge in [0.15, 0.2) is 10.9 Å². The Labute approximate surface area is 174 Å². The molecule has 4 rings (SSSR count). The molecule has 1 aliphatic carbocycles. The largest absolute Gasteiger partial charge is 0.423 e. The predicted octanol–water partition coefficient (Wildman–Crippen LogP) is 3.46. The second-order valence-electron chi connectivity index (χ2n) is 8.06. The Morgan fingerprint density at radius 3 is 2.66 bits per heavy atom. The van der Waals surface area contributed by atoms with Gasteiger partial charge in [-0.2, -0.15) is 0 Å². The lowest BCUT2D eigenvalue weighted by Crippen LogP contribution is -2.48. The summed E-state index contributed by atoms with van der Waals surface area (Å²) in [6.07, 6.45) is 4.33. The molecule has 2 aromatic rings. The van der Waals surface area contributed by atoms with Crippen LogP contribution in [-0.4, -0.2) is 21.8 Å². The van der Waals surface area contributed by atoms with Crippen molar-refractivity contribution < 1.29 is 14.3 Å². The van der Waals surface area contributed by atoms with Crippen molar-refractivity contribution in [1.82, 2.24) is 15.6 Å². The maximum absolute atomic E-state index is 12.8. The van der Waals surface area contributed by atoms with Crippen LogP contribution in [0.4, 0.5) is 0 Å². The molecule has 0 radical (unpaired) electrons. The number of pyridine rings is 1. The third kappa shape index (κ3) is 4.05. The minimum absolute atomic E-state index is 0.0925. The molecule has 7 heteroatoms. The number of hydrogen-bond donors (Lipinski definition) is 2. The minimum Gasteiger partial charge on any atom is -0.423 e. The highest BCUT2D eigenvalue weighted by atomic mass is 32.1. The molecule has 29 heavy (non-hydrogen) atoms. The molecule has 2 heterocycles. The van der Waals surface area contributed by atoms with Crippen LogP contribution in [0.5, 0.6) is 5.75 Å². The molecule has 1 aromatic heterocycles. The van der Waals surface area contributed by atoms with E-state index in [0.29, 0.717) is 22.8 Å². The van der Waals surface area contributed by atoms with Crippen molar-refractivity contribution in [2.45, 2.75) is 32.7 Å². The Morgan fingerprint density at radius 1 is 1.21 bits per heavy atom. The van der Waals surface area contributed by atoms with Crippen LogP contribution in [0.1, 0.15) is 48.7 Å². The van der Waals surface area contributed by atoms with Gasteiger partial charge in [-0.3, -0.25) is 9.78 Å². The first-order valence-corrected chi connectivity index (χ1v) is 9.79. The van der Waals surface area contributed by atoms with E-state index in [1.165, 1.54) is 6.20 Å². The van der Waals surface area contributed by atoms with E-state index in [-0.39, 0.29) is 17.2 Å². The summed E-state index contributed by atoms with van der Waals surface area (Å²) in [6, 6.07) is 10.1. The molecule has 2 aliphatic rings. The van der Waals surface area contributed by atoms with Gasteiger partial charge in [0.05, 0.1) is 11.6 Å². The minimum atomic E-state index is -0.471. The van der Waals surface area contributed by atoms with Crippen LogP contribution in [0.2, 0.25) is 0 Å². The average molecular weight is 407 g/mol. The maximum atomic E-state index is 12.8. The number of nitrogens with zero attached hydrogens (tertiary/aromatic N) is 1. The summed E-state index contributed by atoms with van der Waals surface area (Å²) in [7, 11) is 0. The van der Waals surface area contributed by atoms with Crippen molar-refractivity contribution >= 4 is 29.1 Å². The number of carbonyl (C=O) groups is 2. The molecular weight excluding hydrogens is 386 g/mol. The monoisotopic (exact) mass is 407 g/mol. The molecule has 6 nitrogen and oxygen atoms in total. The maximum Gasteiger partial charge on any atom is 0.345 e. The van der Waals surface area contributed by atoms with Crippen LogP contribution in [0.15, 0.2) is 60.1 Å². The van der Waals surface area contributed by atoms with Crippen LogP contribution in [0, 0.1) is 5.41 Å². The van der Waals surface area contributed by atoms with E-state index < -0.39 is 5.97 Å². The molecule has 1 aromatic carbocycles. The van der Waals surface area contributed by atoms with Crippen molar-refractivity contribution in [3.63, 3.8) is 0 Å². The van der Waals surface area contributed by atoms with Crippen molar-refractivity contribution in [3.8, 4) is 5.75 Å². The van der Waals surface area contributed by atoms with Gasteiger partial charge in [0, 0.05) is 30.1 Å². The Bertz CT molecular complexity index is 1010. The Hall–Kier alpha value is -3.06. The number of hydrogen-bond acceptors (Lipinski definition) is 5. The van der Waals surface area contributed by atoms with Gasteiger partial charge < -0.3 is 15.4 Å². The second kappa shape index (κ2) is 7.40. The van der Waals surface area contributed by atoms with Gasteiger partial charge >= 0.3 is 5.97 Å². The van der Waals surface area contributed by atoms with Crippen LogP contribution < -0.4 is 15.4 Å². The molecule has 0 saturated heterocycles. The van der Waals surface area contributed by atoms with Crippen LogP contribution in [-0.2, 0) is 4.79 Å². The summed E-state index contributed by atoms with van der Waals surface area (Å²) >= 11 is 5.36. The van der Waals surface area contributed by atoms with Crippen LogP contribution >= 0.6 is 12.2 Å². The topological polar surface area (TPSA) is 80.3 Å². The van der Waals surface area contributed by atoms with Crippen molar-refractivity contribution in [2.75, 3.05) is 0 Å². The van der Waals surface area contributed by atoms with E-state index >= 15 is 0 Å². The van der Waals surface area contributed by atoms with Gasteiger partial charge in [0.1, 0.15) is 5.75 Å². The molecule has 0 spiro atoms. The summed E-state index contributed by atoms with van der Waals surface area (Å²) in [5.74, 6) is 0.0713. The lowest BCUT2D eigenvalue weighted by molar-refractivity contribution is -0.118. The summed E-state index contributed by atoms with van der Waals surface area (Å²) in [5, 5.41) is 6.87. The number of benzene rings is 1. The number of aromatic nitrogens is 1. The smallest absolute Gasteiger partial charge is 0.345 e. The first-order chi connectivity index (χ1) is 13.8. The molecule has 1 atom stereocenters. The number of allylic oxidation sites excluding steroid dienone is 1. The molecule has 0 bridgehead atoms. The molecular formula is C22H21N3O3S. The molecule has 0 unspecified atom stereocenters. The van der Waals surface area contributed by atoms with Crippen LogP contribution in [0.3, 0.4) is 0 Å². The Morgan fingerprint density at radius 2 is 1.97 bits per heavy atom. The molecule has 148 valence electrons. The predicted molar refractivity (Wildman–Crippen MR) is 112 cm³/mol. The number of ketones is 1. The van der Waals surface area contributed by atoms with E-state index in [4.69, 9.17) is 17.0 Å². The highest BCUT2D eigenvalue weighted by Gasteiger charge is 2.39. The quantitative estimate of drug-likeness (QED) is 0.458. The first kappa shape index (κ1) is 19.3. The molecule has 0 saturated carbocycles. The fourth-order valence-corrected chi connectivity index (χ4v) is 4.03. The number of rotatable bonds is 3. The molecule has 1 aliphatic heterocycles. The lowest BCUT2D eigenvalue weighted by atomic mass is 9.73. The molecule has 0 amide bonds. The van der Waals surface area contributed by atoms with E-state index in [1.807, 2.05) is 12.1 Å². The number of Topliss-reactive ketones (excluding diaryl/α,β-unsaturated/α-hetero) is 1. The lowest BCUT2D eigenvalue weighted by Gasteiger charge is -2.39. The Balaban J connectivity index is 1.57. The standard InChI is InChI=1S/C22H21N3O3S/c1-22(2)10-16-18(17(26)11-22)19(25-21(29)24-16)13-5-7-15(8-6-13)28-20(27)14-4-3-9-23-12-14/h3-9,12,19H,10-11H2,1-2H3,(H2,24,25,29)/t19-/m1/s1. The van der Waals surface area contributed by atoms with E-state index in [2.05, 4.69) is 29.5 Å². The Kier molecular flexibility index (Phi) is 4.92. The fourth-order valence-electron chi connectivity index (χ4n) is 3.79. The van der Waals surface area contributed by atoms with E-state index in [9.17, 15) is 9.59 Å². The fraction of sp³-hybridized carbons (Fsp3) is 0.273. The zero-order chi connectivity index (χ0) is 20.6. The van der Waals surface area contributed by atoms with Gasteiger partial charge in [0.2, 0.25) is 0 Å². The zero-order valence-electron chi connectivity index (χ0n) is 16.2. The van der Waals surface area contributed by atoms with Crippen LogP contribution in [0.25, 0.3) is 0 Å². The zero-order valence-corrected chi connectivity index (χ0v) is 17.0. The second-order valence-corrected chi connectivity index (χ2v) is 8.47. The number of nitrogens with one attached hydrogen (secondary N) is 2. The molecule has 0 fully saturated rings. The summed E-state index contributed by atoms with van der Waals surface area (Å²) in [6.45, 7) is 4.17.